The summed E-state index contributed by atoms with van der Waals surface area (Å²) < 4.78 is 0. The standard InChI is InChI=1S/C3H8N4/c4-3-5-1-2-6-7-3/h6H,1-2H2,(H3,4,5,7). The van der Waals surface area contributed by atoms with E-state index in [0.29, 0.717) is 5.96 Å². The van der Waals surface area contributed by atoms with Crippen LogP contribution in [-0.2, 0) is 0 Å². The van der Waals surface area contributed by atoms with Crippen molar-refractivity contribution >= 4 is 5.96 Å². The van der Waals surface area contributed by atoms with E-state index in [4.69, 9.17) is 5.73 Å². The zero-order chi connectivity index (χ0) is 5.11. The summed E-state index contributed by atoms with van der Waals surface area (Å²) in [5.74, 6) is 0.478. The molecule has 0 atom stereocenters. The molecule has 0 aromatic carbocycles. The van der Waals surface area contributed by atoms with Gasteiger partial charge in [-0.15, -0.1) is 0 Å². The largest absolute Gasteiger partial charge is 0.369 e. The third-order valence-corrected chi connectivity index (χ3v) is 0.735. The van der Waals surface area contributed by atoms with Crippen LogP contribution in [0.1, 0.15) is 0 Å². The van der Waals surface area contributed by atoms with Crippen molar-refractivity contribution in [2.45, 2.75) is 0 Å². The molecule has 1 heterocycles. The van der Waals surface area contributed by atoms with E-state index in [1.54, 1.807) is 0 Å². The van der Waals surface area contributed by atoms with Crippen LogP contribution in [-0.4, -0.2) is 19.0 Å². The predicted octanol–water partition coefficient (Wildman–Crippen LogP) is -1.59. The van der Waals surface area contributed by atoms with Crippen LogP contribution in [0, 0.1) is 0 Å². The molecule has 0 amide bonds. The topological polar surface area (TPSA) is 62.4 Å². The maximum absolute atomic E-state index is 5.21. The number of nitrogens with zero attached hydrogens (tertiary/aromatic N) is 1. The van der Waals surface area contributed by atoms with Crippen LogP contribution in [0.4, 0.5) is 0 Å². The Hall–Kier alpha value is -0.770. The monoisotopic (exact) mass is 100 g/mol. The smallest absolute Gasteiger partial charge is 0.203 e. The van der Waals surface area contributed by atoms with Crippen molar-refractivity contribution in [2.75, 3.05) is 13.1 Å². The minimum absolute atomic E-state index is 0.478. The first-order valence-corrected chi connectivity index (χ1v) is 2.18. The van der Waals surface area contributed by atoms with Crippen molar-refractivity contribution in [1.29, 1.82) is 0 Å². The molecule has 0 spiro atoms. The summed E-state index contributed by atoms with van der Waals surface area (Å²) in [5.41, 5.74) is 10.7. The summed E-state index contributed by atoms with van der Waals surface area (Å²) in [5, 5.41) is 0. The van der Waals surface area contributed by atoms with E-state index in [2.05, 4.69) is 15.8 Å². The summed E-state index contributed by atoms with van der Waals surface area (Å²) in [4.78, 5) is 3.85. The summed E-state index contributed by atoms with van der Waals surface area (Å²) in [6.45, 7) is 1.64. The molecule has 7 heavy (non-hydrogen) atoms. The highest BCUT2D eigenvalue weighted by Crippen LogP contribution is 1.70. The summed E-state index contributed by atoms with van der Waals surface area (Å²) in [7, 11) is 0. The molecule has 0 radical (unpaired) electrons. The van der Waals surface area contributed by atoms with Crippen molar-refractivity contribution in [3.8, 4) is 0 Å². The second-order valence-corrected chi connectivity index (χ2v) is 1.32. The molecule has 0 fully saturated rings. The number of hydrogen-bond donors (Lipinski definition) is 3. The summed E-state index contributed by atoms with van der Waals surface area (Å²) in [6.07, 6.45) is 0. The van der Waals surface area contributed by atoms with Gasteiger partial charge in [-0.2, -0.15) is 0 Å². The number of nitrogens with two attached hydrogens (primary N) is 1. The van der Waals surface area contributed by atoms with E-state index in [1.165, 1.54) is 0 Å². The van der Waals surface area contributed by atoms with Gasteiger partial charge in [0, 0.05) is 6.54 Å². The van der Waals surface area contributed by atoms with Gasteiger partial charge in [-0.3, -0.25) is 10.4 Å². The molecule has 1 rings (SSSR count). The Bertz CT molecular complexity index is 86.9. The Balaban J connectivity index is 2.40. The normalized spacial score (nSPS) is 20.3. The fraction of sp³-hybridized carbons (Fsp3) is 0.667. The van der Waals surface area contributed by atoms with E-state index < -0.39 is 0 Å². The van der Waals surface area contributed by atoms with Crippen LogP contribution in [0.3, 0.4) is 0 Å². The average Bonchev–Trinajstić information content (AvgIpc) is 1.69. The zero-order valence-electron chi connectivity index (χ0n) is 3.94. The number of rotatable bonds is 0. The molecule has 4 N–H and O–H groups in total. The molecule has 0 aliphatic carbocycles. The first-order chi connectivity index (χ1) is 3.39. The molecule has 0 aromatic heterocycles. The quantitative estimate of drug-likeness (QED) is 0.344. The minimum Gasteiger partial charge on any atom is -0.369 e. The van der Waals surface area contributed by atoms with Gasteiger partial charge in [-0.25, -0.2) is 5.43 Å². The fourth-order valence-corrected chi connectivity index (χ4v) is 0.425. The fourth-order valence-electron chi connectivity index (χ4n) is 0.425. The third kappa shape index (κ3) is 1.04. The van der Waals surface area contributed by atoms with Crippen molar-refractivity contribution in [2.24, 2.45) is 10.7 Å². The van der Waals surface area contributed by atoms with E-state index in [0.717, 1.165) is 13.1 Å². The average molecular weight is 100 g/mol. The number of aliphatic imine (C=N–C) groups is 1. The molecule has 4 heteroatoms. The highest BCUT2D eigenvalue weighted by molar-refractivity contribution is 5.77. The molecule has 40 valence electrons. The summed E-state index contributed by atoms with van der Waals surface area (Å²) >= 11 is 0. The molecule has 0 aromatic rings. The van der Waals surface area contributed by atoms with Crippen LogP contribution in [0.2, 0.25) is 0 Å². The number of guanidine groups is 1. The SMILES string of the molecule is NC1=NCCNN1. The Kier molecular flexibility index (Phi) is 1.12. The molecule has 1 aliphatic rings. The van der Waals surface area contributed by atoms with Crippen molar-refractivity contribution in [3.05, 3.63) is 0 Å². The van der Waals surface area contributed by atoms with E-state index in [9.17, 15) is 0 Å². The first-order valence-electron chi connectivity index (χ1n) is 2.18. The van der Waals surface area contributed by atoms with Gasteiger partial charge in [0.1, 0.15) is 0 Å². The van der Waals surface area contributed by atoms with Gasteiger partial charge < -0.3 is 5.73 Å². The van der Waals surface area contributed by atoms with E-state index in [1.807, 2.05) is 0 Å². The molecule has 4 nitrogen and oxygen atoms in total. The highest BCUT2D eigenvalue weighted by Gasteiger charge is 1.93. The van der Waals surface area contributed by atoms with Gasteiger partial charge in [0.15, 0.2) is 0 Å². The predicted molar refractivity (Wildman–Crippen MR) is 27.6 cm³/mol. The maximum atomic E-state index is 5.21. The highest BCUT2D eigenvalue weighted by atomic mass is 15.4. The lowest BCUT2D eigenvalue weighted by Gasteiger charge is -2.10. The molecule has 1 aliphatic heterocycles. The van der Waals surface area contributed by atoms with Crippen molar-refractivity contribution < 1.29 is 0 Å². The second-order valence-electron chi connectivity index (χ2n) is 1.32. The Labute approximate surface area is 41.8 Å². The minimum atomic E-state index is 0.478. The lowest BCUT2D eigenvalue weighted by molar-refractivity contribution is 0.622. The van der Waals surface area contributed by atoms with Crippen LogP contribution < -0.4 is 16.6 Å². The zero-order valence-corrected chi connectivity index (χ0v) is 3.94. The molecular formula is C3H8N4. The second kappa shape index (κ2) is 1.79. The van der Waals surface area contributed by atoms with E-state index in [-0.39, 0.29) is 0 Å². The molecular weight excluding hydrogens is 92.1 g/mol. The van der Waals surface area contributed by atoms with Crippen molar-refractivity contribution in [3.63, 3.8) is 0 Å². The lowest BCUT2D eigenvalue weighted by Crippen LogP contribution is -2.47. The van der Waals surface area contributed by atoms with E-state index >= 15 is 0 Å². The molecule has 0 saturated heterocycles. The number of hydrazine groups is 1. The third-order valence-electron chi connectivity index (χ3n) is 0.735. The van der Waals surface area contributed by atoms with Gasteiger partial charge in [-0.1, -0.05) is 0 Å². The lowest BCUT2D eigenvalue weighted by atomic mass is 10.6. The summed E-state index contributed by atoms with van der Waals surface area (Å²) in [6, 6.07) is 0. The Morgan fingerprint density at radius 2 is 2.57 bits per heavy atom. The van der Waals surface area contributed by atoms with Crippen LogP contribution in [0.15, 0.2) is 4.99 Å². The maximum Gasteiger partial charge on any atom is 0.203 e. The Morgan fingerprint density at radius 1 is 1.71 bits per heavy atom. The number of nitrogens with one attached hydrogen (secondary N) is 2. The Morgan fingerprint density at radius 3 is 2.86 bits per heavy atom. The molecule has 0 bridgehead atoms. The van der Waals surface area contributed by atoms with Gasteiger partial charge >= 0.3 is 0 Å². The molecule has 0 unspecified atom stereocenters. The van der Waals surface area contributed by atoms with Crippen LogP contribution in [0.5, 0.6) is 0 Å². The van der Waals surface area contributed by atoms with Gasteiger partial charge in [-0.05, 0) is 0 Å². The van der Waals surface area contributed by atoms with Crippen LogP contribution in [0.25, 0.3) is 0 Å². The first kappa shape index (κ1) is 4.39. The number of hydrogen-bond acceptors (Lipinski definition) is 4. The van der Waals surface area contributed by atoms with Gasteiger partial charge in [0.25, 0.3) is 0 Å². The van der Waals surface area contributed by atoms with Gasteiger partial charge in [0.05, 0.1) is 6.54 Å². The van der Waals surface area contributed by atoms with Crippen molar-refractivity contribution in [1.82, 2.24) is 10.9 Å². The molecule has 0 saturated carbocycles. The van der Waals surface area contributed by atoms with Crippen LogP contribution >= 0.6 is 0 Å². The van der Waals surface area contributed by atoms with Gasteiger partial charge in [0.2, 0.25) is 5.96 Å².